The molecule has 1 aromatic heterocycles. The number of ether oxygens (including phenoxy) is 1. The first-order valence-electron chi connectivity index (χ1n) is 6.38. The minimum absolute atomic E-state index is 0.902. The molecule has 3 nitrogen and oxygen atoms in total. The highest BCUT2D eigenvalue weighted by Gasteiger charge is 2.09. The SMILES string of the molecule is COc1ccc2c(CCN3CC=CC3)c[nH]c2c1. The Morgan fingerprint density at radius 1 is 1.28 bits per heavy atom. The Balaban J connectivity index is 1.75. The molecule has 0 fully saturated rings. The second-order valence-corrected chi connectivity index (χ2v) is 4.71. The quantitative estimate of drug-likeness (QED) is 0.835. The number of hydrogen-bond donors (Lipinski definition) is 1. The molecule has 1 aliphatic heterocycles. The average Bonchev–Trinajstić information content (AvgIpc) is 3.05. The molecule has 2 heterocycles. The fourth-order valence-electron chi connectivity index (χ4n) is 2.48. The van der Waals surface area contributed by atoms with E-state index in [0.717, 1.165) is 37.3 Å². The first-order valence-corrected chi connectivity index (χ1v) is 6.38. The number of hydrogen-bond acceptors (Lipinski definition) is 2. The zero-order valence-corrected chi connectivity index (χ0v) is 10.6. The maximum absolute atomic E-state index is 5.24. The van der Waals surface area contributed by atoms with Crippen LogP contribution in [0.2, 0.25) is 0 Å². The first kappa shape index (κ1) is 11.4. The van der Waals surface area contributed by atoms with Crippen LogP contribution < -0.4 is 4.74 Å². The lowest BCUT2D eigenvalue weighted by Crippen LogP contribution is -2.22. The molecule has 1 N–H and O–H groups in total. The molecule has 0 bridgehead atoms. The standard InChI is InChI=1S/C15H18N2O/c1-18-13-4-5-14-12(11-16-15(14)10-13)6-9-17-7-2-3-8-17/h2-5,10-11,16H,6-9H2,1H3. The molecule has 3 heteroatoms. The maximum atomic E-state index is 5.24. The minimum atomic E-state index is 0.902. The van der Waals surface area contributed by atoms with Crippen LogP contribution in [0.1, 0.15) is 5.56 Å². The smallest absolute Gasteiger partial charge is 0.120 e. The van der Waals surface area contributed by atoms with Crippen molar-refractivity contribution >= 4 is 10.9 Å². The number of nitrogens with one attached hydrogen (secondary N) is 1. The average molecular weight is 242 g/mol. The molecule has 0 radical (unpaired) electrons. The molecule has 0 unspecified atom stereocenters. The number of aromatic nitrogens is 1. The Morgan fingerprint density at radius 2 is 2.11 bits per heavy atom. The van der Waals surface area contributed by atoms with E-state index in [-0.39, 0.29) is 0 Å². The van der Waals surface area contributed by atoms with Gasteiger partial charge in [0.1, 0.15) is 5.75 Å². The van der Waals surface area contributed by atoms with E-state index >= 15 is 0 Å². The van der Waals surface area contributed by atoms with E-state index in [4.69, 9.17) is 4.74 Å². The number of nitrogens with zero attached hydrogens (tertiary/aromatic N) is 1. The second-order valence-electron chi connectivity index (χ2n) is 4.71. The van der Waals surface area contributed by atoms with Crippen LogP contribution >= 0.6 is 0 Å². The van der Waals surface area contributed by atoms with Crippen molar-refractivity contribution in [2.45, 2.75) is 6.42 Å². The van der Waals surface area contributed by atoms with Gasteiger partial charge in [-0.05, 0) is 24.1 Å². The zero-order valence-electron chi connectivity index (χ0n) is 10.6. The van der Waals surface area contributed by atoms with Crippen LogP contribution in [0.15, 0.2) is 36.5 Å². The Hall–Kier alpha value is -1.74. The highest BCUT2D eigenvalue weighted by molar-refractivity contribution is 5.84. The van der Waals surface area contributed by atoms with Crippen LogP contribution in [0.3, 0.4) is 0 Å². The molecule has 0 aliphatic carbocycles. The number of aromatic amines is 1. The van der Waals surface area contributed by atoms with E-state index in [1.54, 1.807) is 7.11 Å². The molecular formula is C15H18N2O. The molecular weight excluding hydrogens is 224 g/mol. The van der Waals surface area contributed by atoms with Crippen molar-refractivity contribution in [2.24, 2.45) is 0 Å². The van der Waals surface area contributed by atoms with Gasteiger partial charge in [-0.25, -0.2) is 0 Å². The maximum Gasteiger partial charge on any atom is 0.120 e. The second kappa shape index (κ2) is 4.86. The summed E-state index contributed by atoms with van der Waals surface area (Å²) in [5.74, 6) is 0.902. The summed E-state index contributed by atoms with van der Waals surface area (Å²) in [6, 6.07) is 6.22. The van der Waals surface area contributed by atoms with E-state index < -0.39 is 0 Å². The van der Waals surface area contributed by atoms with Gasteiger partial charge in [0.25, 0.3) is 0 Å². The third kappa shape index (κ3) is 2.14. The summed E-state index contributed by atoms with van der Waals surface area (Å²) in [5.41, 5.74) is 2.54. The van der Waals surface area contributed by atoms with Crippen LogP contribution in [0.4, 0.5) is 0 Å². The Labute approximate surface area is 107 Å². The predicted octanol–water partition coefficient (Wildman–Crippen LogP) is 2.59. The predicted molar refractivity (Wildman–Crippen MR) is 74.1 cm³/mol. The van der Waals surface area contributed by atoms with Crippen LogP contribution in [0.25, 0.3) is 10.9 Å². The van der Waals surface area contributed by atoms with E-state index in [0.29, 0.717) is 0 Å². The van der Waals surface area contributed by atoms with Gasteiger partial charge < -0.3 is 9.72 Å². The largest absolute Gasteiger partial charge is 0.497 e. The Morgan fingerprint density at radius 3 is 2.89 bits per heavy atom. The van der Waals surface area contributed by atoms with Crippen molar-refractivity contribution in [3.05, 3.63) is 42.1 Å². The summed E-state index contributed by atoms with van der Waals surface area (Å²) in [7, 11) is 1.70. The summed E-state index contributed by atoms with van der Waals surface area (Å²) in [5, 5.41) is 1.31. The molecule has 0 amide bonds. The van der Waals surface area contributed by atoms with Crippen molar-refractivity contribution in [1.29, 1.82) is 0 Å². The molecule has 94 valence electrons. The molecule has 0 saturated heterocycles. The van der Waals surface area contributed by atoms with E-state index in [2.05, 4.69) is 40.4 Å². The summed E-state index contributed by atoms with van der Waals surface area (Å²) in [6.07, 6.45) is 7.68. The molecule has 1 aliphatic rings. The highest BCUT2D eigenvalue weighted by Crippen LogP contribution is 2.23. The molecule has 0 spiro atoms. The Kier molecular flexibility index (Phi) is 3.07. The third-order valence-electron chi connectivity index (χ3n) is 3.57. The normalized spacial score (nSPS) is 15.6. The number of H-pyrrole nitrogens is 1. The topological polar surface area (TPSA) is 28.3 Å². The van der Waals surface area contributed by atoms with Crippen molar-refractivity contribution in [3.8, 4) is 5.75 Å². The molecule has 18 heavy (non-hydrogen) atoms. The first-order chi connectivity index (χ1) is 8.86. The number of fused-ring (bicyclic) bond motifs is 1. The van der Waals surface area contributed by atoms with Crippen LogP contribution in [0.5, 0.6) is 5.75 Å². The summed E-state index contributed by atoms with van der Waals surface area (Å²) >= 11 is 0. The van der Waals surface area contributed by atoms with Gasteiger partial charge in [-0.3, -0.25) is 4.90 Å². The summed E-state index contributed by atoms with van der Waals surface area (Å²) < 4.78 is 5.24. The Bertz CT molecular complexity index is 563. The number of rotatable bonds is 4. The van der Waals surface area contributed by atoms with E-state index in [9.17, 15) is 0 Å². The molecule has 0 atom stereocenters. The van der Waals surface area contributed by atoms with Crippen molar-refractivity contribution < 1.29 is 4.74 Å². The lowest BCUT2D eigenvalue weighted by Gasteiger charge is -2.13. The third-order valence-corrected chi connectivity index (χ3v) is 3.57. The molecule has 2 aromatic rings. The lowest BCUT2D eigenvalue weighted by molar-refractivity contribution is 0.358. The fourth-order valence-corrected chi connectivity index (χ4v) is 2.48. The van der Waals surface area contributed by atoms with Crippen LogP contribution in [0, 0.1) is 0 Å². The van der Waals surface area contributed by atoms with Crippen molar-refractivity contribution in [3.63, 3.8) is 0 Å². The van der Waals surface area contributed by atoms with Gasteiger partial charge >= 0.3 is 0 Å². The van der Waals surface area contributed by atoms with Gasteiger partial charge in [0.2, 0.25) is 0 Å². The number of benzene rings is 1. The van der Waals surface area contributed by atoms with Gasteiger partial charge in [-0.15, -0.1) is 0 Å². The zero-order chi connectivity index (χ0) is 12.4. The lowest BCUT2D eigenvalue weighted by atomic mass is 10.1. The fraction of sp³-hybridized carbons (Fsp3) is 0.333. The molecule has 1 aromatic carbocycles. The van der Waals surface area contributed by atoms with Gasteiger partial charge in [-0.1, -0.05) is 12.2 Å². The van der Waals surface area contributed by atoms with Gasteiger partial charge in [0.15, 0.2) is 0 Å². The van der Waals surface area contributed by atoms with Crippen LogP contribution in [-0.4, -0.2) is 36.6 Å². The van der Waals surface area contributed by atoms with E-state index in [1.165, 1.54) is 10.9 Å². The van der Waals surface area contributed by atoms with Crippen molar-refractivity contribution in [2.75, 3.05) is 26.7 Å². The minimum Gasteiger partial charge on any atom is -0.497 e. The van der Waals surface area contributed by atoms with Gasteiger partial charge in [-0.2, -0.15) is 0 Å². The molecule has 0 saturated carbocycles. The van der Waals surface area contributed by atoms with Crippen molar-refractivity contribution in [1.82, 2.24) is 9.88 Å². The summed E-state index contributed by atoms with van der Waals surface area (Å²) in [4.78, 5) is 5.77. The van der Waals surface area contributed by atoms with E-state index in [1.807, 2.05) is 6.07 Å². The molecule has 3 rings (SSSR count). The number of methoxy groups -OCH3 is 1. The monoisotopic (exact) mass is 242 g/mol. The summed E-state index contributed by atoms with van der Waals surface area (Å²) in [6.45, 7) is 3.30. The van der Waals surface area contributed by atoms with Gasteiger partial charge in [0.05, 0.1) is 7.11 Å². The van der Waals surface area contributed by atoms with Gasteiger partial charge in [0, 0.05) is 42.8 Å². The van der Waals surface area contributed by atoms with Crippen LogP contribution in [-0.2, 0) is 6.42 Å². The highest BCUT2D eigenvalue weighted by atomic mass is 16.5.